The number of hydrogen-bond donors (Lipinski definition) is 0. The van der Waals surface area contributed by atoms with E-state index in [4.69, 9.17) is 4.74 Å². The van der Waals surface area contributed by atoms with E-state index in [0.29, 0.717) is 5.56 Å². The van der Waals surface area contributed by atoms with Gasteiger partial charge in [-0.15, -0.1) is 0 Å². The van der Waals surface area contributed by atoms with Gasteiger partial charge in [-0.2, -0.15) is 0 Å². The van der Waals surface area contributed by atoms with Gasteiger partial charge in [-0.25, -0.2) is 0 Å². The molecule has 4 heteroatoms. The summed E-state index contributed by atoms with van der Waals surface area (Å²) in [5.74, 6) is 0.868. The Bertz CT molecular complexity index is 772. The number of aryl methyl sites for hydroxylation is 2. The number of nitrogens with zero attached hydrogens (tertiary/aromatic N) is 2. The lowest BCUT2D eigenvalue weighted by molar-refractivity contribution is 0.0760. The molecule has 0 aromatic heterocycles. The molecule has 0 N–H and O–H groups in total. The van der Waals surface area contributed by atoms with E-state index in [0.717, 1.165) is 50.5 Å². The predicted octanol–water partition coefficient (Wildman–Crippen LogP) is 3.66. The molecule has 0 radical (unpaired) electrons. The lowest BCUT2D eigenvalue weighted by Crippen LogP contribution is -2.35. The lowest BCUT2D eigenvalue weighted by atomic mass is 10.1. The van der Waals surface area contributed by atoms with Gasteiger partial charge in [0.25, 0.3) is 5.91 Å². The molecule has 2 aromatic rings. The highest BCUT2D eigenvalue weighted by Gasteiger charge is 2.21. The number of ether oxygens (including phenoxy) is 1. The largest absolute Gasteiger partial charge is 0.496 e. The van der Waals surface area contributed by atoms with E-state index in [1.165, 1.54) is 11.1 Å². The third-order valence-electron chi connectivity index (χ3n) is 5.19. The summed E-state index contributed by atoms with van der Waals surface area (Å²) in [7, 11) is 1.64. The molecule has 26 heavy (non-hydrogen) atoms. The molecule has 1 saturated heterocycles. The SMILES string of the molecule is COc1cc(C(=O)N2CCCN(Cc3ccccc3C)CC2)ccc1C. The van der Waals surface area contributed by atoms with Crippen molar-refractivity contribution in [3.05, 3.63) is 64.7 Å². The minimum absolute atomic E-state index is 0.0982. The van der Waals surface area contributed by atoms with Crippen molar-refractivity contribution in [1.82, 2.24) is 9.80 Å². The summed E-state index contributed by atoms with van der Waals surface area (Å²) >= 11 is 0. The smallest absolute Gasteiger partial charge is 0.254 e. The summed E-state index contributed by atoms with van der Waals surface area (Å²) < 4.78 is 5.36. The Morgan fingerprint density at radius 1 is 1.00 bits per heavy atom. The van der Waals surface area contributed by atoms with Crippen molar-refractivity contribution in [2.45, 2.75) is 26.8 Å². The van der Waals surface area contributed by atoms with Gasteiger partial charge in [-0.3, -0.25) is 9.69 Å². The number of hydrogen-bond acceptors (Lipinski definition) is 3. The normalized spacial score (nSPS) is 15.6. The van der Waals surface area contributed by atoms with E-state index in [-0.39, 0.29) is 5.91 Å². The number of benzene rings is 2. The minimum Gasteiger partial charge on any atom is -0.496 e. The Hall–Kier alpha value is -2.33. The minimum atomic E-state index is 0.0982. The second-order valence-electron chi connectivity index (χ2n) is 7.03. The average Bonchev–Trinajstić information content (AvgIpc) is 2.89. The lowest BCUT2D eigenvalue weighted by Gasteiger charge is -2.23. The maximum atomic E-state index is 12.9. The Morgan fingerprint density at radius 2 is 1.81 bits per heavy atom. The van der Waals surface area contributed by atoms with Gasteiger partial charge in [-0.05, 0) is 49.1 Å². The van der Waals surface area contributed by atoms with Crippen molar-refractivity contribution in [2.75, 3.05) is 33.3 Å². The zero-order chi connectivity index (χ0) is 18.5. The van der Waals surface area contributed by atoms with Crippen molar-refractivity contribution < 1.29 is 9.53 Å². The predicted molar refractivity (Wildman–Crippen MR) is 105 cm³/mol. The van der Waals surface area contributed by atoms with Crippen LogP contribution in [0.3, 0.4) is 0 Å². The Morgan fingerprint density at radius 3 is 2.58 bits per heavy atom. The van der Waals surface area contributed by atoms with Crippen LogP contribution in [0.25, 0.3) is 0 Å². The highest BCUT2D eigenvalue weighted by molar-refractivity contribution is 5.94. The van der Waals surface area contributed by atoms with E-state index < -0.39 is 0 Å². The van der Waals surface area contributed by atoms with E-state index in [9.17, 15) is 4.79 Å². The van der Waals surface area contributed by atoms with Crippen LogP contribution >= 0.6 is 0 Å². The van der Waals surface area contributed by atoms with Gasteiger partial charge >= 0.3 is 0 Å². The van der Waals surface area contributed by atoms with Gasteiger partial charge < -0.3 is 9.64 Å². The molecule has 138 valence electrons. The molecule has 1 amide bonds. The van der Waals surface area contributed by atoms with Crippen LogP contribution in [0.5, 0.6) is 5.75 Å². The van der Waals surface area contributed by atoms with Crippen molar-refractivity contribution >= 4 is 5.91 Å². The van der Waals surface area contributed by atoms with E-state index >= 15 is 0 Å². The maximum Gasteiger partial charge on any atom is 0.254 e. The van der Waals surface area contributed by atoms with E-state index in [2.05, 4.69) is 36.1 Å². The van der Waals surface area contributed by atoms with Crippen molar-refractivity contribution in [3.8, 4) is 5.75 Å². The summed E-state index contributed by atoms with van der Waals surface area (Å²) in [6.45, 7) is 8.60. The molecule has 1 aliphatic heterocycles. The van der Waals surface area contributed by atoms with Gasteiger partial charge in [-0.1, -0.05) is 30.3 Å². The second kappa shape index (κ2) is 8.37. The summed E-state index contributed by atoms with van der Waals surface area (Å²) in [6, 6.07) is 14.2. The Kier molecular flexibility index (Phi) is 5.94. The Labute approximate surface area is 156 Å². The highest BCUT2D eigenvalue weighted by Crippen LogP contribution is 2.21. The summed E-state index contributed by atoms with van der Waals surface area (Å²) in [4.78, 5) is 17.3. The number of methoxy groups -OCH3 is 1. The van der Waals surface area contributed by atoms with Crippen molar-refractivity contribution in [3.63, 3.8) is 0 Å². The fourth-order valence-corrected chi connectivity index (χ4v) is 3.50. The highest BCUT2D eigenvalue weighted by atomic mass is 16.5. The summed E-state index contributed by atoms with van der Waals surface area (Å²) in [6.07, 6.45) is 1.00. The van der Waals surface area contributed by atoms with Crippen molar-refractivity contribution in [2.24, 2.45) is 0 Å². The Balaban J connectivity index is 1.65. The van der Waals surface area contributed by atoms with E-state index in [1.54, 1.807) is 7.11 Å². The second-order valence-corrected chi connectivity index (χ2v) is 7.03. The number of amides is 1. The number of carbonyl (C=O) groups is 1. The molecule has 0 spiro atoms. The molecule has 0 unspecified atom stereocenters. The molecule has 2 aromatic carbocycles. The topological polar surface area (TPSA) is 32.8 Å². The first kappa shape index (κ1) is 18.5. The summed E-state index contributed by atoms with van der Waals surface area (Å²) in [5, 5.41) is 0. The quantitative estimate of drug-likeness (QED) is 0.842. The zero-order valence-corrected chi connectivity index (χ0v) is 16.0. The summed E-state index contributed by atoms with van der Waals surface area (Å²) in [5.41, 5.74) is 4.45. The molecule has 0 saturated carbocycles. The molecular formula is C22H28N2O2. The molecule has 0 atom stereocenters. The first-order chi connectivity index (χ1) is 12.6. The third kappa shape index (κ3) is 4.25. The monoisotopic (exact) mass is 352 g/mol. The van der Waals surface area contributed by atoms with Crippen LogP contribution in [0, 0.1) is 13.8 Å². The van der Waals surface area contributed by atoms with Crippen LogP contribution in [0.1, 0.15) is 33.5 Å². The van der Waals surface area contributed by atoms with Crippen molar-refractivity contribution in [1.29, 1.82) is 0 Å². The van der Waals surface area contributed by atoms with Gasteiger partial charge in [0.15, 0.2) is 0 Å². The molecule has 0 bridgehead atoms. The van der Waals surface area contributed by atoms with Crippen LogP contribution in [-0.4, -0.2) is 49.0 Å². The number of carbonyl (C=O) groups excluding carboxylic acids is 1. The van der Waals surface area contributed by atoms with Crippen LogP contribution in [0.4, 0.5) is 0 Å². The molecule has 1 heterocycles. The first-order valence-electron chi connectivity index (χ1n) is 9.29. The molecular weight excluding hydrogens is 324 g/mol. The fourth-order valence-electron chi connectivity index (χ4n) is 3.50. The first-order valence-corrected chi connectivity index (χ1v) is 9.29. The molecule has 1 fully saturated rings. The van der Waals surface area contributed by atoms with Gasteiger partial charge in [0.2, 0.25) is 0 Å². The number of rotatable bonds is 4. The molecule has 3 rings (SSSR count). The van der Waals surface area contributed by atoms with Crippen LogP contribution in [0.2, 0.25) is 0 Å². The standard InChI is InChI=1S/C22H28N2O2/c1-17-7-4-5-8-20(17)16-23-11-6-12-24(14-13-23)22(25)19-10-9-18(2)21(15-19)26-3/h4-5,7-10,15H,6,11-14,16H2,1-3H3. The zero-order valence-electron chi connectivity index (χ0n) is 16.0. The fraction of sp³-hybridized carbons (Fsp3) is 0.409. The van der Waals surface area contributed by atoms with Crippen LogP contribution in [-0.2, 0) is 6.54 Å². The molecule has 1 aliphatic rings. The van der Waals surface area contributed by atoms with E-state index in [1.807, 2.05) is 30.0 Å². The van der Waals surface area contributed by atoms with Gasteiger partial charge in [0, 0.05) is 38.3 Å². The molecule has 4 nitrogen and oxygen atoms in total. The van der Waals surface area contributed by atoms with Gasteiger partial charge in [0.05, 0.1) is 7.11 Å². The van der Waals surface area contributed by atoms with Crippen LogP contribution in [0.15, 0.2) is 42.5 Å². The average molecular weight is 352 g/mol. The molecule has 0 aliphatic carbocycles. The van der Waals surface area contributed by atoms with Gasteiger partial charge in [0.1, 0.15) is 5.75 Å². The maximum absolute atomic E-state index is 12.9. The van der Waals surface area contributed by atoms with Crippen LogP contribution < -0.4 is 4.74 Å². The third-order valence-corrected chi connectivity index (χ3v) is 5.19.